The summed E-state index contributed by atoms with van der Waals surface area (Å²) in [7, 11) is -3.67. The fourth-order valence-corrected chi connectivity index (χ4v) is 4.21. The zero-order chi connectivity index (χ0) is 18.4. The number of carbonyl (C=O) groups excluding carboxylic acids is 1. The van der Waals surface area contributed by atoms with Gasteiger partial charge in [-0.2, -0.15) is 11.8 Å². The molecule has 0 radical (unpaired) electrons. The summed E-state index contributed by atoms with van der Waals surface area (Å²) in [4.78, 5) is 12.2. The summed E-state index contributed by atoms with van der Waals surface area (Å²) in [6.45, 7) is 5.45. The molecule has 0 aromatic heterocycles. The van der Waals surface area contributed by atoms with Gasteiger partial charge in [0.2, 0.25) is 15.9 Å². The first-order valence-electron chi connectivity index (χ1n) is 7.71. The third-order valence-electron chi connectivity index (χ3n) is 3.13. The average Bonchev–Trinajstić information content (AvgIpc) is 2.48. The van der Waals surface area contributed by atoms with Crippen molar-refractivity contribution in [3.63, 3.8) is 0 Å². The first kappa shape index (κ1) is 21.0. The van der Waals surface area contributed by atoms with Crippen LogP contribution in [0.4, 0.5) is 0 Å². The number of sulfonamides is 1. The molecule has 0 unspecified atom stereocenters. The van der Waals surface area contributed by atoms with Crippen LogP contribution in [0.2, 0.25) is 0 Å². The fourth-order valence-electron chi connectivity index (χ4n) is 2.06. The van der Waals surface area contributed by atoms with E-state index in [1.807, 2.05) is 6.26 Å². The molecule has 0 saturated heterocycles. The normalized spacial score (nSPS) is 13.5. The zero-order valence-corrected chi connectivity index (χ0v) is 16.3. The molecule has 24 heavy (non-hydrogen) atoms. The van der Waals surface area contributed by atoms with E-state index in [-0.39, 0.29) is 17.3 Å². The van der Waals surface area contributed by atoms with Gasteiger partial charge in [-0.05, 0) is 50.8 Å². The predicted molar refractivity (Wildman–Crippen MR) is 99.3 cm³/mol. The zero-order valence-electron chi connectivity index (χ0n) is 14.6. The molecule has 1 rings (SSSR count). The van der Waals surface area contributed by atoms with Crippen LogP contribution in [0.1, 0.15) is 32.8 Å². The summed E-state index contributed by atoms with van der Waals surface area (Å²) in [5, 5.41) is 2.72. The third-order valence-corrected chi connectivity index (χ3v) is 5.63. The summed E-state index contributed by atoms with van der Waals surface area (Å²) in [5.74, 6) is 0.523. The minimum absolute atomic E-state index is 0.118. The van der Waals surface area contributed by atoms with E-state index in [9.17, 15) is 13.2 Å². The van der Waals surface area contributed by atoms with E-state index in [4.69, 9.17) is 5.73 Å². The summed E-state index contributed by atoms with van der Waals surface area (Å²) < 4.78 is 27.7. The SMILES string of the molecule is CSCC[C@H](N)C(=O)NCc1ccccc1S(=O)(=O)NC(C)(C)C. The fraction of sp³-hybridized carbons (Fsp3) is 0.562. The smallest absolute Gasteiger partial charge is 0.241 e. The Morgan fingerprint density at radius 3 is 2.50 bits per heavy atom. The minimum atomic E-state index is -3.67. The van der Waals surface area contributed by atoms with Gasteiger partial charge in [0.15, 0.2) is 0 Å². The Bertz CT molecular complexity index is 655. The number of carbonyl (C=O) groups is 1. The first-order chi connectivity index (χ1) is 11.1. The van der Waals surface area contributed by atoms with Crippen molar-refractivity contribution in [1.82, 2.24) is 10.0 Å². The van der Waals surface area contributed by atoms with Crippen molar-refractivity contribution in [2.24, 2.45) is 5.73 Å². The summed E-state index contributed by atoms with van der Waals surface area (Å²) in [6, 6.07) is 6.03. The lowest BCUT2D eigenvalue weighted by Crippen LogP contribution is -2.42. The Morgan fingerprint density at radius 1 is 1.29 bits per heavy atom. The van der Waals surface area contributed by atoms with Crippen LogP contribution in [-0.4, -0.2) is 37.9 Å². The van der Waals surface area contributed by atoms with Crippen molar-refractivity contribution < 1.29 is 13.2 Å². The highest BCUT2D eigenvalue weighted by Crippen LogP contribution is 2.17. The molecule has 6 nitrogen and oxygen atoms in total. The highest BCUT2D eigenvalue weighted by atomic mass is 32.2. The summed E-state index contributed by atoms with van der Waals surface area (Å²) >= 11 is 1.63. The maximum atomic E-state index is 12.5. The molecule has 1 aromatic rings. The molecule has 0 spiro atoms. The van der Waals surface area contributed by atoms with Gasteiger partial charge in [0, 0.05) is 12.1 Å². The van der Waals surface area contributed by atoms with Crippen LogP contribution in [0.15, 0.2) is 29.2 Å². The van der Waals surface area contributed by atoms with Gasteiger partial charge in [0.05, 0.1) is 10.9 Å². The molecule has 0 bridgehead atoms. The Labute approximate surface area is 149 Å². The molecule has 0 fully saturated rings. The molecule has 1 amide bonds. The lowest BCUT2D eigenvalue weighted by Gasteiger charge is -2.21. The molecule has 136 valence electrons. The van der Waals surface area contributed by atoms with E-state index in [1.165, 1.54) is 6.07 Å². The second kappa shape index (κ2) is 8.84. The number of hydrogen-bond acceptors (Lipinski definition) is 5. The van der Waals surface area contributed by atoms with E-state index in [2.05, 4.69) is 10.0 Å². The van der Waals surface area contributed by atoms with Crippen molar-refractivity contribution in [2.45, 2.75) is 50.2 Å². The summed E-state index contributed by atoms with van der Waals surface area (Å²) in [6.07, 6.45) is 2.53. The molecular formula is C16H27N3O3S2. The van der Waals surface area contributed by atoms with E-state index in [0.717, 1.165) is 5.75 Å². The minimum Gasteiger partial charge on any atom is -0.351 e. The number of hydrogen-bond donors (Lipinski definition) is 3. The molecule has 0 aliphatic rings. The van der Waals surface area contributed by atoms with Crippen molar-refractivity contribution in [2.75, 3.05) is 12.0 Å². The molecule has 0 heterocycles. The van der Waals surface area contributed by atoms with Crippen molar-refractivity contribution in [1.29, 1.82) is 0 Å². The number of benzene rings is 1. The molecule has 0 aliphatic heterocycles. The van der Waals surface area contributed by atoms with Gasteiger partial charge in [-0.15, -0.1) is 0 Å². The van der Waals surface area contributed by atoms with Crippen LogP contribution >= 0.6 is 11.8 Å². The van der Waals surface area contributed by atoms with E-state index in [1.54, 1.807) is 50.7 Å². The molecule has 8 heteroatoms. The summed E-state index contributed by atoms with van der Waals surface area (Å²) in [5.41, 5.74) is 5.76. The van der Waals surface area contributed by atoms with E-state index in [0.29, 0.717) is 12.0 Å². The Balaban J connectivity index is 2.86. The lowest BCUT2D eigenvalue weighted by atomic mass is 10.1. The number of thioether (sulfide) groups is 1. The van der Waals surface area contributed by atoms with Crippen LogP contribution in [0.25, 0.3) is 0 Å². The highest BCUT2D eigenvalue weighted by Gasteiger charge is 2.24. The second-order valence-electron chi connectivity index (χ2n) is 6.57. The predicted octanol–water partition coefficient (Wildman–Crippen LogP) is 1.46. The lowest BCUT2D eigenvalue weighted by molar-refractivity contribution is -0.122. The molecule has 4 N–H and O–H groups in total. The molecule has 1 atom stereocenters. The number of rotatable bonds is 8. The quantitative estimate of drug-likeness (QED) is 0.640. The van der Waals surface area contributed by atoms with Crippen molar-refractivity contribution in [3.8, 4) is 0 Å². The highest BCUT2D eigenvalue weighted by molar-refractivity contribution is 7.98. The van der Waals surface area contributed by atoms with Gasteiger partial charge in [-0.3, -0.25) is 4.79 Å². The van der Waals surface area contributed by atoms with Gasteiger partial charge in [-0.25, -0.2) is 13.1 Å². The van der Waals surface area contributed by atoms with Crippen LogP contribution in [0.5, 0.6) is 0 Å². The third kappa shape index (κ3) is 6.80. The molecule has 1 aromatic carbocycles. The van der Waals surface area contributed by atoms with Gasteiger partial charge >= 0.3 is 0 Å². The monoisotopic (exact) mass is 373 g/mol. The first-order valence-corrected chi connectivity index (χ1v) is 10.6. The van der Waals surface area contributed by atoms with Crippen LogP contribution in [0, 0.1) is 0 Å². The van der Waals surface area contributed by atoms with Gasteiger partial charge < -0.3 is 11.1 Å². The maximum absolute atomic E-state index is 12.5. The number of nitrogens with one attached hydrogen (secondary N) is 2. The van der Waals surface area contributed by atoms with Crippen LogP contribution in [-0.2, 0) is 21.4 Å². The number of nitrogens with two attached hydrogens (primary N) is 1. The topological polar surface area (TPSA) is 101 Å². The average molecular weight is 374 g/mol. The van der Waals surface area contributed by atoms with Gasteiger partial charge in [-0.1, -0.05) is 18.2 Å². The van der Waals surface area contributed by atoms with Crippen LogP contribution < -0.4 is 15.8 Å². The molecular weight excluding hydrogens is 346 g/mol. The van der Waals surface area contributed by atoms with Crippen molar-refractivity contribution in [3.05, 3.63) is 29.8 Å². The van der Waals surface area contributed by atoms with Crippen molar-refractivity contribution >= 4 is 27.7 Å². The second-order valence-corrected chi connectivity index (χ2v) is 9.21. The molecule has 0 aliphatic carbocycles. The van der Waals surface area contributed by atoms with Gasteiger partial charge in [0.25, 0.3) is 0 Å². The Hall–Kier alpha value is -1.09. The maximum Gasteiger partial charge on any atom is 0.241 e. The Kier molecular flexibility index (Phi) is 7.72. The van der Waals surface area contributed by atoms with E-state index < -0.39 is 21.6 Å². The molecule has 0 saturated carbocycles. The Morgan fingerprint density at radius 2 is 1.92 bits per heavy atom. The van der Waals surface area contributed by atoms with Crippen LogP contribution in [0.3, 0.4) is 0 Å². The van der Waals surface area contributed by atoms with E-state index >= 15 is 0 Å². The standard InChI is InChI=1S/C16H27N3O3S2/c1-16(2,3)19-24(21,22)14-8-6-5-7-12(14)11-18-15(20)13(17)9-10-23-4/h5-8,13,19H,9-11,17H2,1-4H3,(H,18,20)/t13-/m0/s1. The van der Waals surface area contributed by atoms with Gasteiger partial charge in [0.1, 0.15) is 0 Å². The number of amides is 1. The largest absolute Gasteiger partial charge is 0.351 e.